The summed E-state index contributed by atoms with van der Waals surface area (Å²) in [6, 6.07) is 0. The molecule has 1 aliphatic carbocycles. The van der Waals surface area contributed by atoms with Crippen LogP contribution < -0.4 is 5.32 Å². The molecule has 2 aliphatic rings. The second-order valence-electron chi connectivity index (χ2n) is 5.08. The number of aromatic carboxylic acids is 1. The van der Waals surface area contributed by atoms with Gasteiger partial charge in [0.05, 0.1) is 5.69 Å². The maximum absolute atomic E-state index is 11.4. The van der Waals surface area contributed by atoms with E-state index in [1.54, 1.807) is 7.11 Å². The van der Waals surface area contributed by atoms with Gasteiger partial charge in [-0.15, -0.1) is 0 Å². The topological polar surface area (TPSA) is 84.3 Å². The van der Waals surface area contributed by atoms with Gasteiger partial charge in [-0.1, -0.05) is 0 Å². The second kappa shape index (κ2) is 4.86. The van der Waals surface area contributed by atoms with Crippen LogP contribution in [0.4, 0.5) is 0 Å². The van der Waals surface area contributed by atoms with Crippen molar-refractivity contribution in [3.63, 3.8) is 0 Å². The molecule has 1 atom stereocenters. The lowest BCUT2D eigenvalue weighted by Crippen LogP contribution is -2.29. The first-order valence-electron chi connectivity index (χ1n) is 6.57. The van der Waals surface area contributed by atoms with E-state index in [0.29, 0.717) is 23.9 Å². The monoisotopic (exact) mass is 263 g/mol. The van der Waals surface area contributed by atoms with Crippen LogP contribution in [0.15, 0.2) is 0 Å². The molecule has 0 spiro atoms. The first-order chi connectivity index (χ1) is 9.20. The van der Waals surface area contributed by atoms with E-state index in [1.807, 2.05) is 0 Å². The molecule has 2 heterocycles. The predicted octanol–water partition coefficient (Wildman–Crippen LogP) is 0.918. The lowest BCUT2D eigenvalue weighted by Gasteiger charge is -2.21. The largest absolute Gasteiger partial charge is 0.476 e. The number of ether oxygens (including phenoxy) is 1. The first-order valence-corrected chi connectivity index (χ1v) is 6.57. The van der Waals surface area contributed by atoms with Crippen molar-refractivity contribution in [3.05, 3.63) is 22.8 Å². The van der Waals surface area contributed by atoms with Crippen LogP contribution in [0.1, 0.15) is 46.5 Å². The number of carbonyl (C=O) groups is 1. The highest BCUT2D eigenvalue weighted by Crippen LogP contribution is 2.42. The van der Waals surface area contributed by atoms with Crippen molar-refractivity contribution in [1.29, 1.82) is 0 Å². The fraction of sp³-hybridized carbons (Fsp3) is 0.615. The number of nitrogens with zero attached hydrogens (tertiary/aromatic N) is 2. The van der Waals surface area contributed by atoms with Crippen LogP contribution in [0, 0.1) is 5.92 Å². The van der Waals surface area contributed by atoms with Crippen LogP contribution in [-0.4, -0.2) is 34.7 Å². The van der Waals surface area contributed by atoms with Gasteiger partial charge in [-0.25, -0.2) is 14.8 Å². The summed E-state index contributed by atoms with van der Waals surface area (Å²) in [6.45, 7) is 1.35. The van der Waals surface area contributed by atoms with E-state index in [0.717, 1.165) is 31.5 Å². The van der Waals surface area contributed by atoms with Crippen LogP contribution in [0.2, 0.25) is 0 Å². The highest BCUT2D eigenvalue weighted by molar-refractivity contribution is 5.87. The van der Waals surface area contributed by atoms with E-state index in [-0.39, 0.29) is 11.8 Å². The zero-order valence-electron chi connectivity index (χ0n) is 10.8. The Kier molecular flexibility index (Phi) is 3.20. The fourth-order valence-corrected chi connectivity index (χ4v) is 2.57. The van der Waals surface area contributed by atoms with Crippen molar-refractivity contribution in [3.8, 4) is 0 Å². The van der Waals surface area contributed by atoms with E-state index >= 15 is 0 Å². The minimum absolute atomic E-state index is 0.120. The number of carboxylic acids is 1. The third-order valence-electron chi connectivity index (χ3n) is 3.71. The van der Waals surface area contributed by atoms with Crippen molar-refractivity contribution in [2.24, 2.45) is 5.92 Å². The molecule has 1 aliphatic heterocycles. The van der Waals surface area contributed by atoms with Gasteiger partial charge in [-0.05, 0) is 18.8 Å². The number of methoxy groups -OCH3 is 1. The molecule has 0 amide bonds. The Morgan fingerprint density at radius 1 is 1.47 bits per heavy atom. The minimum Gasteiger partial charge on any atom is -0.476 e. The van der Waals surface area contributed by atoms with Gasteiger partial charge in [0.1, 0.15) is 6.10 Å². The number of nitrogens with one attached hydrogen (secondary N) is 1. The fourth-order valence-electron chi connectivity index (χ4n) is 2.57. The van der Waals surface area contributed by atoms with Crippen molar-refractivity contribution < 1.29 is 14.6 Å². The smallest absolute Gasteiger partial charge is 0.354 e. The number of rotatable bonds is 4. The molecule has 3 rings (SSSR count). The molecule has 0 aromatic carbocycles. The molecule has 19 heavy (non-hydrogen) atoms. The number of hydrogen-bond donors (Lipinski definition) is 2. The van der Waals surface area contributed by atoms with Crippen molar-refractivity contribution in [1.82, 2.24) is 15.3 Å². The van der Waals surface area contributed by atoms with Gasteiger partial charge in [-0.2, -0.15) is 0 Å². The van der Waals surface area contributed by atoms with E-state index < -0.39 is 5.97 Å². The van der Waals surface area contributed by atoms with Crippen molar-refractivity contribution in [2.45, 2.75) is 31.9 Å². The van der Waals surface area contributed by atoms with E-state index in [1.165, 1.54) is 0 Å². The van der Waals surface area contributed by atoms with Gasteiger partial charge >= 0.3 is 5.97 Å². The molecule has 102 valence electrons. The van der Waals surface area contributed by atoms with Gasteiger partial charge < -0.3 is 15.2 Å². The zero-order valence-corrected chi connectivity index (χ0v) is 10.8. The maximum Gasteiger partial charge on any atom is 0.354 e. The number of carboxylic acid groups (broad SMARTS) is 1. The minimum atomic E-state index is -0.991. The molecule has 6 heteroatoms. The van der Waals surface area contributed by atoms with Gasteiger partial charge in [0.15, 0.2) is 11.5 Å². The third kappa shape index (κ3) is 2.33. The van der Waals surface area contributed by atoms with E-state index in [9.17, 15) is 9.90 Å². The van der Waals surface area contributed by atoms with Gasteiger partial charge in [-0.3, -0.25) is 0 Å². The van der Waals surface area contributed by atoms with Crippen LogP contribution in [0.25, 0.3) is 0 Å². The standard InChI is InChI=1S/C13H17N3O3/c1-19-11(7-2-3-7)12-15-9-4-5-14-6-8(9)10(16-12)13(17)18/h7,11,14H,2-6H2,1H3,(H,17,18). The predicted molar refractivity (Wildman–Crippen MR) is 66.9 cm³/mol. The second-order valence-corrected chi connectivity index (χ2v) is 5.08. The molecule has 1 fully saturated rings. The summed E-state index contributed by atoms with van der Waals surface area (Å²) < 4.78 is 5.45. The SMILES string of the molecule is COC(c1nc2c(c(C(=O)O)n1)CNCC2)C1CC1. The summed E-state index contributed by atoms with van der Waals surface area (Å²) in [7, 11) is 1.63. The molecular weight excluding hydrogens is 246 g/mol. The summed E-state index contributed by atoms with van der Waals surface area (Å²) in [5, 5.41) is 12.5. The highest BCUT2D eigenvalue weighted by Gasteiger charge is 2.35. The maximum atomic E-state index is 11.4. The molecular formula is C13H17N3O3. The molecule has 0 radical (unpaired) electrons. The summed E-state index contributed by atoms with van der Waals surface area (Å²) in [4.78, 5) is 20.2. The normalized spacial score (nSPS) is 19.8. The molecule has 2 N–H and O–H groups in total. The Labute approximate surface area is 111 Å². The van der Waals surface area contributed by atoms with Crippen molar-refractivity contribution >= 4 is 5.97 Å². The summed E-state index contributed by atoms with van der Waals surface area (Å²) in [5.41, 5.74) is 1.69. The molecule has 0 saturated heterocycles. The lowest BCUT2D eigenvalue weighted by molar-refractivity contribution is 0.0671. The Morgan fingerprint density at radius 3 is 2.89 bits per heavy atom. The number of fused-ring (bicyclic) bond motifs is 1. The Balaban J connectivity index is 2.05. The van der Waals surface area contributed by atoms with E-state index in [4.69, 9.17) is 4.74 Å². The summed E-state index contributed by atoms with van der Waals surface area (Å²) >= 11 is 0. The lowest BCUT2D eigenvalue weighted by atomic mass is 10.0. The Bertz CT molecular complexity index is 514. The molecule has 1 aromatic heterocycles. The Hall–Kier alpha value is -1.53. The number of hydrogen-bond acceptors (Lipinski definition) is 5. The summed E-state index contributed by atoms with van der Waals surface area (Å²) in [6.07, 6.45) is 2.77. The molecule has 1 saturated carbocycles. The molecule has 0 bridgehead atoms. The van der Waals surface area contributed by atoms with Crippen LogP contribution >= 0.6 is 0 Å². The molecule has 1 aromatic rings. The average molecular weight is 263 g/mol. The highest BCUT2D eigenvalue weighted by atomic mass is 16.5. The van der Waals surface area contributed by atoms with Gasteiger partial charge in [0, 0.05) is 32.2 Å². The zero-order chi connectivity index (χ0) is 13.4. The number of aromatic nitrogens is 2. The average Bonchev–Trinajstić information content (AvgIpc) is 3.23. The quantitative estimate of drug-likeness (QED) is 0.840. The molecule has 6 nitrogen and oxygen atoms in total. The Morgan fingerprint density at radius 2 is 2.26 bits per heavy atom. The first kappa shape index (κ1) is 12.5. The van der Waals surface area contributed by atoms with E-state index in [2.05, 4.69) is 15.3 Å². The van der Waals surface area contributed by atoms with Crippen LogP contribution in [-0.2, 0) is 17.7 Å². The summed E-state index contributed by atoms with van der Waals surface area (Å²) in [5.74, 6) is -0.0243. The van der Waals surface area contributed by atoms with Crippen molar-refractivity contribution in [2.75, 3.05) is 13.7 Å². The third-order valence-corrected chi connectivity index (χ3v) is 3.71. The van der Waals surface area contributed by atoms with Gasteiger partial charge in [0.25, 0.3) is 0 Å². The molecule has 1 unspecified atom stereocenters. The van der Waals surface area contributed by atoms with Crippen LogP contribution in [0.3, 0.4) is 0 Å². The van der Waals surface area contributed by atoms with Crippen LogP contribution in [0.5, 0.6) is 0 Å². The van der Waals surface area contributed by atoms with Gasteiger partial charge in [0.2, 0.25) is 0 Å².